The van der Waals surface area contributed by atoms with E-state index in [1.165, 1.54) is 0 Å². The van der Waals surface area contributed by atoms with Crippen LogP contribution in [0.3, 0.4) is 0 Å². The van der Waals surface area contributed by atoms with Crippen LogP contribution in [0.5, 0.6) is 5.75 Å². The highest BCUT2D eigenvalue weighted by molar-refractivity contribution is 6.32. The van der Waals surface area contributed by atoms with Gasteiger partial charge in [0.1, 0.15) is 5.75 Å². The molecule has 2 rings (SSSR count). The van der Waals surface area contributed by atoms with Gasteiger partial charge in [0.05, 0.1) is 11.6 Å². The maximum Gasteiger partial charge on any atom is 0.344 e. The molecule has 0 fully saturated rings. The topological polar surface area (TPSA) is 64.6 Å². The summed E-state index contributed by atoms with van der Waals surface area (Å²) in [5.74, 6) is 1.44. The van der Waals surface area contributed by atoms with E-state index < -0.39 is 18.5 Å². The summed E-state index contributed by atoms with van der Waals surface area (Å²) in [6.07, 6.45) is 5.00. The fourth-order valence-electron chi connectivity index (χ4n) is 1.95. The molecule has 0 saturated heterocycles. The highest BCUT2D eigenvalue weighted by Crippen LogP contribution is 2.30. The smallest absolute Gasteiger partial charge is 0.344 e. The third kappa shape index (κ3) is 5.87. The van der Waals surface area contributed by atoms with E-state index in [2.05, 4.69) is 11.2 Å². The lowest BCUT2D eigenvalue weighted by molar-refractivity contribution is -0.150. The molecule has 2 aromatic carbocycles. The van der Waals surface area contributed by atoms with E-state index in [0.29, 0.717) is 10.8 Å². The van der Waals surface area contributed by atoms with E-state index in [9.17, 15) is 9.59 Å². The molecule has 0 bridgehead atoms. The third-order valence-corrected chi connectivity index (χ3v) is 3.43. The van der Waals surface area contributed by atoms with Crippen LogP contribution >= 0.6 is 11.6 Å². The van der Waals surface area contributed by atoms with Gasteiger partial charge in [0.25, 0.3) is 5.91 Å². The van der Waals surface area contributed by atoms with Gasteiger partial charge in [-0.05, 0) is 23.3 Å². The first-order valence-electron chi connectivity index (χ1n) is 7.43. The van der Waals surface area contributed by atoms with Crippen LogP contribution in [0, 0.1) is 12.3 Å². The number of carbonyl (C=O) groups is 2. The molecule has 6 heteroatoms. The summed E-state index contributed by atoms with van der Waals surface area (Å²) >= 11 is 6.19. The highest BCUT2D eigenvalue weighted by atomic mass is 35.5. The predicted molar refractivity (Wildman–Crippen MR) is 95.2 cm³/mol. The molecule has 0 radical (unpaired) electrons. The van der Waals surface area contributed by atoms with Gasteiger partial charge in [-0.25, -0.2) is 4.79 Å². The molecule has 0 saturated carbocycles. The van der Waals surface area contributed by atoms with Gasteiger partial charge in [0, 0.05) is 0 Å². The van der Waals surface area contributed by atoms with Crippen molar-refractivity contribution in [1.82, 2.24) is 5.32 Å². The Balaban J connectivity index is 1.86. The summed E-state index contributed by atoms with van der Waals surface area (Å²) in [6.45, 7) is -0.687. The van der Waals surface area contributed by atoms with Crippen LogP contribution in [0.25, 0.3) is 11.1 Å². The van der Waals surface area contributed by atoms with Crippen molar-refractivity contribution in [2.24, 2.45) is 0 Å². The van der Waals surface area contributed by atoms with Crippen LogP contribution in [0.1, 0.15) is 0 Å². The fraction of sp³-hybridized carbons (Fsp3) is 0.158. The predicted octanol–water partition coefficient (Wildman–Crippen LogP) is 2.68. The number of esters is 1. The van der Waals surface area contributed by atoms with E-state index in [1.807, 2.05) is 36.4 Å². The zero-order valence-electron chi connectivity index (χ0n) is 13.3. The molecule has 0 aliphatic heterocycles. The quantitative estimate of drug-likeness (QED) is 0.611. The lowest BCUT2D eigenvalue weighted by atomic mass is 10.1. The Hall–Kier alpha value is -2.97. The van der Waals surface area contributed by atoms with Crippen molar-refractivity contribution in [2.45, 2.75) is 0 Å². The van der Waals surface area contributed by atoms with Crippen LogP contribution in [-0.4, -0.2) is 31.6 Å². The Bertz CT molecular complexity index is 784. The summed E-state index contributed by atoms with van der Waals surface area (Å²) in [6, 6.07) is 15.0. The number of hydrogen-bond acceptors (Lipinski definition) is 4. The SMILES string of the molecule is C#CCNC(=O)COC(=O)COc1ccc(-c2ccccc2)cc1Cl. The molecule has 0 aliphatic rings. The minimum absolute atomic E-state index is 0.0796. The molecule has 0 heterocycles. The van der Waals surface area contributed by atoms with Gasteiger partial charge in [-0.2, -0.15) is 0 Å². The van der Waals surface area contributed by atoms with Crippen molar-refractivity contribution >= 4 is 23.5 Å². The lowest BCUT2D eigenvalue weighted by Crippen LogP contribution is -2.30. The first kappa shape index (κ1) is 18.4. The first-order valence-corrected chi connectivity index (χ1v) is 7.81. The number of rotatable bonds is 7. The van der Waals surface area contributed by atoms with Crippen LogP contribution in [-0.2, 0) is 14.3 Å². The van der Waals surface area contributed by atoms with Gasteiger partial charge in [-0.3, -0.25) is 4.79 Å². The van der Waals surface area contributed by atoms with Crippen molar-refractivity contribution in [3.63, 3.8) is 0 Å². The van der Waals surface area contributed by atoms with E-state index in [1.54, 1.807) is 12.1 Å². The number of halogens is 1. The maximum atomic E-state index is 11.6. The molecule has 1 amide bonds. The maximum absolute atomic E-state index is 11.6. The van der Waals surface area contributed by atoms with Crippen molar-refractivity contribution in [2.75, 3.05) is 19.8 Å². The molecule has 25 heavy (non-hydrogen) atoms. The third-order valence-electron chi connectivity index (χ3n) is 3.14. The molecule has 1 N–H and O–H groups in total. The summed E-state index contributed by atoms with van der Waals surface area (Å²) < 4.78 is 10.1. The molecule has 0 aliphatic carbocycles. The summed E-state index contributed by atoms with van der Waals surface area (Å²) in [5.41, 5.74) is 1.96. The molecular weight excluding hydrogens is 342 g/mol. The summed E-state index contributed by atoms with van der Waals surface area (Å²) in [4.78, 5) is 22.8. The number of ether oxygens (including phenoxy) is 2. The Labute approximate surface area is 150 Å². The number of carbonyl (C=O) groups excluding carboxylic acids is 2. The van der Waals surface area contributed by atoms with Crippen molar-refractivity contribution < 1.29 is 19.1 Å². The number of terminal acetylenes is 1. The zero-order valence-corrected chi connectivity index (χ0v) is 14.1. The number of benzene rings is 2. The average molecular weight is 358 g/mol. The zero-order chi connectivity index (χ0) is 18.1. The fourth-order valence-corrected chi connectivity index (χ4v) is 2.19. The number of nitrogens with one attached hydrogen (secondary N) is 1. The van der Waals surface area contributed by atoms with Crippen molar-refractivity contribution in [1.29, 1.82) is 0 Å². The Morgan fingerprint density at radius 2 is 1.84 bits per heavy atom. The van der Waals surface area contributed by atoms with Gasteiger partial charge in [-0.15, -0.1) is 6.42 Å². The van der Waals surface area contributed by atoms with E-state index in [0.717, 1.165) is 11.1 Å². The second-order valence-corrected chi connectivity index (χ2v) is 5.35. The molecule has 0 atom stereocenters. The standard InChI is InChI=1S/C19H16ClNO4/c1-2-10-21-18(22)12-25-19(23)13-24-17-9-8-15(11-16(17)20)14-6-4-3-5-7-14/h1,3-9,11H,10,12-13H2,(H,21,22). The molecule has 128 valence electrons. The van der Waals surface area contributed by atoms with E-state index >= 15 is 0 Å². The number of hydrogen-bond donors (Lipinski definition) is 1. The monoisotopic (exact) mass is 357 g/mol. The van der Waals surface area contributed by atoms with E-state index in [4.69, 9.17) is 27.5 Å². The Kier molecular flexibility index (Phi) is 6.87. The first-order chi connectivity index (χ1) is 12.1. The van der Waals surface area contributed by atoms with Crippen LogP contribution in [0.4, 0.5) is 0 Å². The second kappa shape index (κ2) is 9.36. The summed E-state index contributed by atoms with van der Waals surface area (Å²) in [7, 11) is 0. The molecule has 0 unspecified atom stereocenters. The largest absolute Gasteiger partial charge is 0.480 e. The molecule has 0 spiro atoms. The van der Waals surface area contributed by atoms with Crippen molar-refractivity contribution in [3.05, 3.63) is 53.6 Å². The second-order valence-electron chi connectivity index (χ2n) is 4.94. The Morgan fingerprint density at radius 3 is 2.52 bits per heavy atom. The number of amides is 1. The Morgan fingerprint density at radius 1 is 1.08 bits per heavy atom. The molecular formula is C19H16ClNO4. The average Bonchev–Trinajstić information content (AvgIpc) is 2.64. The normalized spacial score (nSPS) is 9.76. The van der Waals surface area contributed by atoms with Crippen LogP contribution in [0.15, 0.2) is 48.5 Å². The van der Waals surface area contributed by atoms with Crippen LogP contribution in [0.2, 0.25) is 5.02 Å². The summed E-state index contributed by atoms with van der Waals surface area (Å²) in [5, 5.41) is 2.75. The highest BCUT2D eigenvalue weighted by Gasteiger charge is 2.10. The lowest BCUT2D eigenvalue weighted by Gasteiger charge is -2.10. The minimum Gasteiger partial charge on any atom is -0.480 e. The minimum atomic E-state index is -0.681. The van der Waals surface area contributed by atoms with Gasteiger partial charge in [-0.1, -0.05) is 53.9 Å². The van der Waals surface area contributed by atoms with Crippen LogP contribution < -0.4 is 10.1 Å². The van der Waals surface area contributed by atoms with E-state index in [-0.39, 0.29) is 13.2 Å². The van der Waals surface area contributed by atoms with Gasteiger partial charge in [0.2, 0.25) is 0 Å². The van der Waals surface area contributed by atoms with Crippen molar-refractivity contribution in [3.8, 4) is 29.2 Å². The van der Waals surface area contributed by atoms with Gasteiger partial charge < -0.3 is 14.8 Å². The molecule has 5 nitrogen and oxygen atoms in total. The molecule has 0 aromatic heterocycles. The van der Waals surface area contributed by atoms with Gasteiger partial charge in [0.15, 0.2) is 13.2 Å². The van der Waals surface area contributed by atoms with Gasteiger partial charge >= 0.3 is 5.97 Å². The molecule has 2 aromatic rings.